The lowest BCUT2D eigenvalue weighted by molar-refractivity contribution is 0.0431. The predicted molar refractivity (Wildman–Crippen MR) is 59.5 cm³/mol. The summed E-state index contributed by atoms with van der Waals surface area (Å²) in [5.41, 5.74) is 0.558. The summed E-state index contributed by atoms with van der Waals surface area (Å²) < 4.78 is 0. The maximum absolute atomic E-state index is 10.4. The van der Waals surface area contributed by atoms with E-state index in [1.807, 2.05) is 11.8 Å². The number of hydrogen-bond donors (Lipinski definition) is 1. The standard InChI is InChI=1S/C10H14OS2/c1-7-5-9(6-13-7)10(11)3-4-12-8(10)2/h5-6,8,11H,3-4H2,1-2H3. The average molecular weight is 214 g/mol. The molecule has 2 unspecified atom stereocenters. The zero-order valence-electron chi connectivity index (χ0n) is 7.91. The minimum atomic E-state index is -0.560. The van der Waals surface area contributed by atoms with Crippen LogP contribution in [0.5, 0.6) is 0 Å². The van der Waals surface area contributed by atoms with Crippen molar-refractivity contribution in [1.29, 1.82) is 0 Å². The van der Waals surface area contributed by atoms with Gasteiger partial charge in [0.05, 0.1) is 0 Å². The Kier molecular flexibility index (Phi) is 2.43. The SMILES string of the molecule is Cc1cc(C2(O)CCSC2C)cs1. The van der Waals surface area contributed by atoms with Gasteiger partial charge >= 0.3 is 0 Å². The molecule has 1 N–H and O–H groups in total. The number of rotatable bonds is 1. The van der Waals surface area contributed by atoms with Crippen LogP contribution in [-0.4, -0.2) is 16.1 Å². The third-order valence-corrected chi connectivity index (χ3v) is 4.95. The topological polar surface area (TPSA) is 20.2 Å². The summed E-state index contributed by atoms with van der Waals surface area (Å²) in [6.07, 6.45) is 0.898. The highest BCUT2D eigenvalue weighted by Gasteiger charge is 2.40. The van der Waals surface area contributed by atoms with Gasteiger partial charge in [-0.1, -0.05) is 6.92 Å². The van der Waals surface area contributed by atoms with Gasteiger partial charge in [-0.05, 0) is 36.1 Å². The first-order chi connectivity index (χ1) is 6.13. The predicted octanol–water partition coefficient (Wildman–Crippen LogP) is 2.77. The fraction of sp³-hybridized carbons (Fsp3) is 0.600. The molecule has 2 atom stereocenters. The maximum atomic E-state index is 10.4. The largest absolute Gasteiger partial charge is 0.384 e. The Morgan fingerprint density at radius 2 is 2.38 bits per heavy atom. The molecule has 1 aromatic heterocycles. The van der Waals surface area contributed by atoms with E-state index in [0.717, 1.165) is 17.7 Å². The Labute approximate surface area is 87.2 Å². The minimum Gasteiger partial charge on any atom is -0.384 e. The second-order valence-corrected chi connectivity index (χ2v) is 6.20. The number of hydrogen-bond acceptors (Lipinski definition) is 3. The van der Waals surface area contributed by atoms with Gasteiger partial charge in [0.25, 0.3) is 0 Å². The lowest BCUT2D eigenvalue weighted by atomic mass is 9.90. The average Bonchev–Trinajstić information content (AvgIpc) is 2.62. The van der Waals surface area contributed by atoms with Crippen LogP contribution in [0, 0.1) is 6.92 Å². The van der Waals surface area contributed by atoms with Gasteiger partial charge in [-0.2, -0.15) is 11.8 Å². The van der Waals surface area contributed by atoms with E-state index in [1.54, 1.807) is 11.3 Å². The molecule has 3 heteroatoms. The summed E-state index contributed by atoms with van der Waals surface area (Å²) >= 11 is 3.59. The van der Waals surface area contributed by atoms with Crippen molar-refractivity contribution in [3.05, 3.63) is 21.9 Å². The van der Waals surface area contributed by atoms with E-state index in [4.69, 9.17) is 0 Å². The van der Waals surface area contributed by atoms with Crippen LogP contribution in [-0.2, 0) is 5.60 Å². The maximum Gasteiger partial charge on any atom is 0.103 e. The van der Waals surface area contributed by atoms with Gasteiger partial charge in [0, 0.05) is 10.1 Å². The number of aryl methyl sites for hydroxylation is 1. The van der Waals surface area contributed by atoms with E-state index in [2.05, 4.69) is 25.3 Å². The van der Waals surface area contributed by atoms with Gasteiger partial charge in [-0.3, -0.25) is 0 Å². The molecule has 1 nitrogen and oxygen atoms in total. The van der Waals surface area contributed by atoms with Crippen molar-refractivity contribution in [2.75, 3.05) is 5.75 Å². The highest BCUT2D eigenvalue weighted by molar-refractivity contribution is 8.00. The highest BCUT2D eigenvalue weighted by atomic mass is 32.2. The molecule has 2 rings (SSSR count). The summed E-state index contributed by atoms with van der Waals surface area (Å²) in [4.78, 5) is 1.28. The Morgan fingerprint density at radius 1 is 1.62 bits per heavy atom. The van der Waals surface area contributed by atoms with Crippen molar-refractivity contribution in [2.24, 2.45) is 0 Å². The third kappa shape index (κ3) is 1.53. The second-order valence-electron chi connectivity index (χ2n) is 3.63. The van der Waals surface area contributed by atoms with Gasteiger partial charge in [-0.15, -0.1) is 11.3 Å². The normalized spacial score (nSPS) is 33.9. The van der Waals surface area contributed by atoms with Crippen molar-refractivity contribution in [2.45, 2.75) is 31.1 Å². The molecule has 0 radical (unpaired) electrons. The highest BCUT2D eigenvalue weighted by Crippen LogP contribution is 2.44. The van der Waals surface area contributed by atoms with Crippen LogP contribution in [0.15, 0.2) is 11.4 Å². The van der Waals surface area contributed by atoms with Crippen molar-refractivity contribution < 1.29 is 5.11 Å². The molecular formula is C10H14OS2. The summed E-state index contributed by atoms with van der Waals surface area (Å²) in [5.74, 6) is 1.08. The molecule has 0 bridgehead atoms. The molecule has 1 aliphatic heterocycles. The molecule has 1 saturated heterocycles. The van der Waals surface area contributed by atoms with Crippen LogP contribution in [0.25, 0.3) is 0 Å². The van der Waals surface area contributed by atoms with Crippen molar-refractivity contribution in [3.63, 3.8) is 0 Å². The summed E-state index contributed by atoms with van der Waals surface area (Å²) in [6, 6.07) is 2.12. The van der Waals surface area contributed by atoms with E-state index in [9.17, 15) is 5.11 Å². The quantitative estimate of drug-likeness (QED) is 0.775. The van der Waals surface area contributed by atoms with Crippen LogP contribution in [0.2, 0.25) is 0 Å². The summed E-state index contributed by atoms with van der Waals surface area (Å²) in [7, 11) is 0. The van der Waals surface area contributed by atoms with Crippen LogP contribution in [0.3, 0.4) is 0 Å². The van der Waals surface area contributed by atoms with E-state index in [-0.39, 0.29) is 0 Å². The fourth-order valence-electron chi connectivity index (χ4n) is 1.78. The number of thioether (sulfide) groups is 1. The summed E-state index contributed by atoms with van der Waals surface area (Å²) in [6.45, 7) is 4.20. The first-order valence-corrected chi connectivity index (χ1v) is 6.45. The van der Waals surface area contributed by atoms with Crippen LogP contribution in [0.4, 0.5) is 0 Å². The fourth-order valence-corrected chi connectivity index (χ4v) is 3.87. The van der Waals surface area contributed by atoms with E-state index < -0.39 is 5.60 Å². The number of thiophene rings is 1. The molecular weight excluding hydrogens is 200 g/mol. The first kappa shape index (κ1) is 9.56. The molecule has 13 heavy (non-hydrogen) atoms. The Hall–Kier alpha value is 0.01000. The van der Waals surface area contributed by atoms with Crippen molar-refractivity contribution >= 4 is 23.1 Å². The number of aliphatic hydroxyl groups is 1. The Balaban J connectivity index is 2.33. The monoisotopic (exact) mass is 214 g/mol. The van der Waals surface area contributed by atoms with Crippen LogP contribution < -0.4 is 0 Å². The Morgan fingerprint density at radius 3 is 2.85 bits per heavy atom. The molecule has 2 heterocycles. The van der Waals surface area contributed by atoms with Gasteiger partial charge < -0.3 is 5.11 Å². The summed E-state index contributed by atoms with van der Waals surface area (Å²) in [5, 5.41) is 12.9. The lowest BCUT2D eigenvalue weighted by Crippen LogP contribution is -2.30. The van der Waals surface area contributed by atoms with E-state index >= 15 is 0 Å². The smallest absolute Gasteiger partial charge is 0.103 e. The molecule has 0 aromatic carbocycles. The van der Waals surface area contributed by atoms with Crippen LogP contribution in [0.1, 0.15) is 23.8 Å². The van der Waals surface area contributed by atoms with Crippen molar-refractivity contribution in [1.82, 2.24) is 0 Å². The molecule has 0 saturated carbocycles. The van der Waals surface area contributed by atoms with Gasteiger partial charge in [0.1, 0.15) is 5.60 Å². The zero-order valence-corrected chi connectivity index (χ0v) is 9.54. The second kappa shape index (κ2) is 3.30. The molecule has 1 aliphatic rings. The minimum absolute atomic E-state index is 0.335. The van der Waals surface area contributed by atoms with Crippen molar-refractivity contribution in [3.8, 4) is 0 Å². The van der Waals surface area contributed by atoms with E-state index in [0.29, 0.717) is 5.25 Å². The van der Waals surface area contributed by atoms with Gasteiger partial charge in [0.15, 0.2) is 0 Å². The first-order valence-electron chi connectivity index (χ1n) is 4.52. The molecule has 0 spiro atoms. The van der Waals surface area contributed by atoms with Gasteiger partial charge in [-0.25, -0.2) is 0 Å². The molecule has 1 aromatic rings. The molecule has 0 aliphatic carbocycles. The lowest BCUT2D eigenvalue weighted by Gasteiger charge is -2.25. The molecule has 0 amide bonds. The Bertz CT molecular complexity index is 308. The third-order valence-electron chi connectivity index (χ3n) is 2.75. The van der Waals surface area contributed by atoms with E-state index in [1.165, 1.54) is 4.88 Å². The van der Waals surface area contributed by atoms with Crippen LogP contribution >= 0.6 is 23.1 Å². The molecule has 72 valence electrons. The zero-order chi connectivity index (χ0) is 9.47. The molecule has 1 fully saturated rings. The van der Waals surface area contributed by atoms with Gasteiger partial charge in [0.2, 0.25) is 0 Å².